The van der Waals surface area contributed by atoms with Crippen molar-refractivity contribution in [2.45, 2.75) is 159 Å². The van der Waals surface area contributed by atoms with Crippen LogP contribution in [0.5, 0.6) is 0 Å². The Morgan fingerprint density at radius 1 is 0.963 bits per heavy atom. The quantitative estimate of drug-likeness (QED) is 0.105. The number of rotatable bonds is 9. The van der Waals surface area contributed by atoms with Crippen molar-refractivity contribution in [3.8, 4) is 0 Å². The molecule has 0 aromatic rings. The molecular formula is C45H71N3O6. The van der Waals surface area contributed by atoms with E-state index in [9.17, 15) is 24.3 Å². The van der Waals surface area contributed by atoms with Crippen LogP contribution in [-0.2, 0) is 23.9 Å². The van der Waals surface area contributed by atoms with Gasteiger partial charge in [0, 0.05) is 30.5 Å². The van der Waals surface area contributed by atoms with Crippen LogP contribution >= 0.6 is 0 Å². The number of hydrogen-bond donors (Lipinski definition) is 2. The van der Waals surface area contributed by atoms with Gasteiger partial charge in [-0.25, -0.2) is 4.99 Å². The molecule has 9 atom stereocenters. The fourth-order valence-corrected chi connectivity index (χ4v) is 12.4. The number of amides is 1. The SMILES string of the molecule is CC.CC=NC(=NC)C(C)NC(=O)/C=C/C12CCC3C(CCC4C3(C)CCC3C(C)(C)C(OC(=O)CC(C)(C)C(=O)O)CCC34C)C1=C(C(C)C)C(=O)C2. The van der Waals surface area contributed by atoms with Gasteiger partial charge in [0.2, 0.25) is 5.91 Å². The Hall–Kier alpha value is -3.10. The molecule has 4 fully saturated rings. The van der Waals surface area contributed by atoms with Gasteiger partial charge in [0.25, 0.3) is 0 Å². The molecule has 5 aliphatic rings. The van der Waals surface area contributed by atoms with E-state index < -0.39 is 22.8 Å². The molecule has 0 heterocycles. The number of ketones is 1. The van der Waals surface area contributed by atoms with E-state index in [0.717, 1.165) is 56.9 Å². The number of allylic oxidation sites excluding steroid dienone is 3. The van der Waals surface area contributed by atoms with Gasteiger partial charge in [0.1, 0.15) is 11.9 Å². The van der Waals surface area contributed by atoms with Crippen LogP contribution in [0.1, 0.15) is 147 Å². The number of aliphatic imine (C=N–C) groups is 2. The Morgan fingerprint density at radius 2 is 1.61 bits per heavy atom. The number of carboxylic acid groups (broad SMARTS) is 1. The fraction of sp³-hybridized carbons (Fsp3) is 0.778. The molecule has 2 N–H and O–H groups in total. The van der Waals surface area contributed by atoms with Gasteiger partial charge in [0.15, 0.2) is 5.78 Å². The smallest absolute Gasteiger partial charge is 0.309 e. The number of nitrogens with zero attached hydrogens (tertiary/aromatic N) is 2. The third kappa shape index (κ3) is 7.68. The van der Waals surface area contributed by atoms with Crippen molar-refractivity contribution in [3.63, 3.8) is 0 Å². The molecule has 4 saturated carbocycles. The molecule has 9 heteroatoms. The maximum absolute atomic E-state index is 13.9. The second kappa shape index (κ2) is 16.2. The number of hydrogen-bond acceptors (Lipinski definition) is 6. The molecule has 9 nitrogen and oxygen atoms in total. The Balaban J connectivity index is 0.00000319. The number of aliphatic carboxylic acids is 1. The highest BCUT2D eigenvalue weighted by atomic mass is 16.5. The Morgan fingerprint density at radius 3 is 2.20 bits per heavy atom. The molecule has 0 aromatic heterocycles. The van der Waals surface area contributed by atoms with Crippen molar-refractivity contribution in [3.05, 3.63) is 23.3 Å². The zero-order valence-electron chi connectivity index (χ0n) is 35.7. The van der Waals surface area contributed by atoms with E-state index in [0.29, 0.717) is 35.9 Å². The van der Waals surface area contributed by atoms with Crippen molar-refractivity contribution in [2.24, 2.45) is 66.6 Å². The van der Waals surface area contributed by atoms with Crippen LogP contribution in [0.4, 0.5) is 0 Å². The lowest BCUT2D eigenvalue weighted by Crippen LogP contribution is -2.63. The van der Waals surface area contributed by atoms with Gasteiger partial charge < -0.3 is 15.2 Å². The van der Waals surface area contributed by atoms with Crippen LogP contribution in [0.2, 0.25) is 0 Å². The van der Waals surface area contributed by atoms with Gasteiger partial charge >= 0.3 is 11.9 Å². The molecule has 0 spiro atoms. The molecule has 0 aromatic carbocycles. The maximum atomic E-state index is 13.9. The molecule has 0 radical (unpaired) electrons. The van der Waals surface area contributed by atoms with Crippen LogP contribution in [0.25, 0.3) is 0 Å². The number of esters is 1. The summed E-state index contributed by atoms with van der Waals surface area (Å²) in [5, 5.41) is 12.6. The summed E-state index contributed by atoms with van der Waals surface area (Å²) in [5.74, 6) is 0.971. The van der Waals surface area contributed by atoms with Crippen molar-refractivity contribution in [1.82, 2.24) is 5.32 Å². The molecule has 5 aliphatic carbocycles. The summed E-state index contributed by atoms with van der Waals surface area (Å²) in [4.78, 5) is 60.4. The van der Waals surface area contributed by atoms with Gasteiger partial charge in [0.05, 0.1) is 17.9 Å². The molecule has 0 aliphatic heterocycles. The van der Waals surface area contributed by atoms with Gasteiger partial charge in [-0.3, -0.25) is 24.2 Å². The van der Waals surface area contributed by atoms with Gasteiger partial charge in [-0.2, -0.15) is 0 Å². The Kier molecular flexibility index (Phi) is 13.1. The Labute approximate surface area is 325 Å². The second-order valence-electron chi connectivity index (χ2n) is 19.0. The van der Waals surface area contributed by atoms with E-state index in [-0.39, 0.29) is 52.4 Å². The van der Waals surface area contributed by atoms with Gasteiger partial charge in [-0.1, -0.05) is 61.5 Å². The standard InChI is InChI=1S/C43H65N3O6.C2H6/c1-12-45-37(44-11)26(4)46-33(48)18-22-43-21-15-28-27(36(43)35(25(2)3)29(47)23-43)13-14-31-41(28,9)19-16-30-40(7,8)32(17-20-42(30,31)10)52-34(49)24-39(5,6)38(50)51;1-2/h12,18,22,25-28,30-32H,13-17,19-21,23-24H2,1-11H3,(H,46,48)(H,50,51);1-2H3/b22-18+,44-37?,45-12?;. The second-order valence-corrected chi connectivity index (χ2v) is 19.0. The number of fused-ring (bicyclic) bond motifs is 7. The summed E-state index contributed by atoms with van der Waals surface area (Å²) in [5.41, 5.74) is 0.680. The summed E-state index contributed by atoms with van der Waals surface area (Å²) in [6.07, 6.45) is 13.4. The predicted octanol–water partition coefficient (Wildman–Crippen LogP) is 9.20. The first-order chi connectivity index (χ1) is 25.2. The van der Waals surface area contributed by atoms with E-state index in [1.165, 1.54) is 5.57 Å². The van der Waals surface area contributed by atoms with E-state index in [1.807, 2.05) is 27.7 Å². The third-order valence-corrected chi connectivity index (χ3v) is 14.8. The van der Waals surface area contributed by atoms with Crippen LogP contribution in [0.3, 0.4) is 0 Å². The van der Waals surface area contributed by atoms with Crippen molar-refractivity contribution < 1.29 is 29.0 Å². The van der Waals surface area contributed by atoms with E-state index in [4.69, 9.17) is 4.74 Å². The number of carboxylic acids is 1. The average Bonchev–Trinajstić information content (AvgIpc) is 3.40. The average molecular weight is 750 g/mol. The van der Waals surface area contributed by atoms with E-state index in [1.54, 1.807) is 33.2 Å². The first kappa shape index (κ1) is 43.6. The lowest BCUT2D eigenvalue weighted by atomic mass is 9.36. The minimum atomic E-state index is -1.17. The topological polar surface area (TPSA) is 134 Å². The molecule has 302 valence electrons. The minimum Gasteiger partial charge on any atom is -0.481 e. The summed E-state index contributed by atoms with van der Waals surface area (Å²) < 4.78 is 6.14. The van der Waals surface area contributed by atoms with Crippen LogP contribution in [-0.4, -0.2) is 60.0 Å². The molecule has 9 unspecified atom stereocenters. The number of carbonyl (C=O) groups excluding carboxylic acids is 3. The lowest BCUT2D eigenvalue weighted by Gasteiger charge is -2.68. The normalized spacial score (nSPS) is 35.4. The van der Waals surface area contributed by atoms with Crippen molar-refractivity contribution in [2.75, 3.05) is 7.05 Å². The minimum absolute atomic E-state index is 0.0805. The highest BCUT2D eigenvalue weighted by Gasteiger charge is 2.66. The Bertz CT molecular complexity index is 1590. The largest absolute Gasteiger partial charge is 0.481 e. The lowest BCUT2D eigenvalue weighted by molar-refractivity contribution is -0.213. The third-order valence-electron chi connectivity index (χ3n) is 14.8. The molecule has 54 heavy (non-hydrogen) atoms. The summed E-state index contributed by atoms with van der Waals surface area (Å²) in [6.45, 7) is 24.7. The molecule has 1 amide bonds. The zero-order chi connectivity index (χ0) is 40.6. The first-order valence-electron chi connectivity index (χ1n) is 20.8. The molecule has 0 saturated heterocycles. The maximum Gasteiger partial charge on any atom is 0.309 e. The molecule has 5 rings (SSSR count). The van der Waals surface area contributed by atoms with Gasteiger partial charge in [-0.15, -0.1) is 0 Å². The zero-order valence-corrected chi connectivity index (χ0v) is 35.7. The fourth-order valence-electron chi connectivity index (χ4n) is 12.4. The van der Waals surface area contributed by atoms with Crippen LogP contribution in [0.15, 0.2) is 33.3 Å². The highest BCUT2D eigenvalue weighted by Crippen LogP contribution is 2.73. The first-order valence-corrected chi connectivity index (χ1v) is 20.8. The molecular weight excluding hydrogens is 679 g/mol. The van der Waals surface area contributed by atoms with Crippen LogP contribution < -0.4 is 5.32 Å². The molecule has 0 bridgehead atoms. The summed E-state index contributed by atoms with van der Waals surface area (Å²) >= 11 is 0. The highest BCUT2D eigenvalue weighted by molar-refractivity contribution is 6.02. The number of Topliss-reactive ketones (excluding diaryl/α,β-unsaturated/α-hetero) is 1. The number of ether oxygens (including phenoxy) is 1. The number of nitrogens with one attached hydrogen (secondary N) is 1. The van der Waals surface area contributed by atoms with E-state index in [2.05, 4.69) is 62.9 Å². The predicted molar refractivity (Wildman–Crippen MR) is 216 cm³/mol. The van der Waals surface area contributed by atoms with E-state index >= 15 is 0 Å². The van der Waals surface area contributed by atoms with Crippen LogP contribution in [0, 0.1) is 56.7 Å². The van der Waals surface area contributed by atoms with Crippen molar-refractivity contribution in [1.29, 1.82) is 0 Å². The van der Waals surface area contributed by atoms with Gasteiger partial charge in [-0.05, 0) is 137 Å². The monoisotopic (exact) mass is 750 g/mol. The summed E-state index contributed by atoms with van der Waals surface area (Å²) in [7, 11) is 1.67. The number of carbonyl (C=O) groups is 4. The number of amidine groups is 1. The van der Waals surface area contributed by atoms with Crippen molar-refractivity contribution >= 4 is 35.7 Å². The summed E-state index contributed by atoms with van der Waals surface area (Å²) in [6, 6.07) is -0.332.